The molecule has 1 unspecified atom stereocenters. The largest absolute Gasteiger partial charge is 0.497 e. The highest BCUT2D eigenvalue weighted by molar-refractivity contribution is 7.09. The zero-order valence-corrected chi connectivity index (χ0v) is 11.5. The van der Waals surface area contributed by atoms with Crippen LogP contribution in [0.2, 0.25) is 0 Å². The second kappa shape index (κ2) is 4.68. The van der Waals surface area contributed by atoms with Crippen LogP contribution in [-0.4, -0.2) is 12.1 Å². The molecule has 2 heterocycles. The van der Waals surface area contributed by atoms with Gasteiger partial charge in [-0.2, -0.15) is 0 Å². The Morgan fingerprint density at radius 1 is 1.42 bits per heavy atom. The number of thiazole rings is 1. The second-order valence-corrected chi connectivity index (χ2v) is 5.23. The normalized spacial score (nSPS) is 12.8. The third-order valence-corrected chi connectivity index (χ3v) is 4.04. The molecule has 0 fully saturated rings. The summed E-state index contributed by atoms with van der Waals surface area (Å²) in [4.78, 5) is 4.25. The van der Waals surface area contributed by atoms with Crippen LogP contribution in [0, 0.1) is 6.92 Å². The Hall–Kier alpha value is -1.85. The lowest BCUT2D eigenvalue weighted by atomic mass is 10.1. The summed E-state index contributed by atoms with van der Waals surface area (Å²) < 4.78 is 11.1. The highest BCUT2D eigenvalue weighted by Crippen LogP contribution is 2.33. The Labute approximate surface area is 114 Å². The number of aromatic nitrogens is 1. The molecule has 3 aromatic rings. The molecule has 5 heteroatoms. The molecule has 4 nitrogen and oxygen atoms in total. The average Bonchev–Trinajstić information content (AvgIpc) is 3.06. The number of hydrogen-bond donors (Lipinski definition) is 1. The number of nitrogens with two attached hydrogens (primary N) is 1. The number of nitrogens with zero attached hydrogens (tertiary/aromatic N) is 1. The lowest BCUT2D eigenvalue weighted by Gasteiger charge is -2.05. The lowest BCUT2D eigenvalue weighted by molar-refractivity contribution is 0.415. The van der Waals surface area contributed by atoms with E-state index in [0.29, 0.717) is 0 Å². The number of ether oxygens (including phenoxy) is 1. The molecule has 1 atom stereocenters. The van der Waals surface area contributed by atoms with Gasteiger partial charge in [-0.3, -0.25) is 0 Å². The van der Waals surface area contributed by atoms with Crippen molar-refractivity contribution in [3.63, 3.8) is 0 Å². The molecule has 0 saturated heterocycles. The van der Waals surface area contributed by atoms with Crippen LogP contribution in [0.5, 0.6) is 5.75 Å². The monoisotopic (exact) mass is 274 g/mol. The summed E-state index contributed by atoms with van der Waals surface area (Å²) in [5.74, 6) is 1.57. The number of furan rings is 1. The molecule has 2 aromatic heterocycles. The zero-order chi connectivity index (χ0) is 13.4. The van der Waals surface area contributed by atoms with Gasteiger partial charge in [0.25, 0.3) is 0 Å². The first-order chi connectivity index (χ1) is 9.20. The van der Waals surface area contributed by atoms with Crippen LogP contribution in [0.25, 0.3) is 11.0 Å². The Morgan fingerprint density at radius 3 is 2.95 bits per heavy atom. The van der Waals surface area contributed by atoms with Gasteiger partial charge < -0.3 is 14.9 Å². The minimum atomic E-state index is -0.321. The molecule has 0 radical (unpaired) electrons. The highest BCUT2D eigenvalue weighted by Gasteiger charge is 2.20. The van der Waals surface area contributed by atoms with Crippen LogP contribution < -0.4 is 10.5 Å². The van der Waals surface area contributed by atoms with Crippen molar-refractivity contribution >= 4 is 22.3 Å². The average molecular weight is 274 g/mol. The molecule has 0 saturated carbocycles. The van der Waals surface area contributed by atoms with Gasteiger partial charge in [-0.05, 0) is 25.1 Å². The van der Waals surface area contributed by atoms with Gasteiger partial charge in [-0.1, -0.05) is 0 Å². The van der Waals surface area contributed by atoms with Crippen molar-refractivity contribution < 1.29 is 9.15 Å². The first-order valence-electron chi connectivity index (χ1n) is 5.92. The molecule has 1 aromatic carbocycles. The third-order valence-electron chi connectivity index (χ3n) is 3.18. The van der Waals surface area contributed by atoms with E-state index in [1.807, 2.05) is 30.5 Å². The fourth-order valence-corrected chi connectivity index (χ4v) is 2.78. The van der Waals surface area contributed by atoms with Crippen molar-refractivity contribution in [1.29, 1.82) is 0 Å². The van der Waals surface area contributed by atoms with Crippen LogP contribution in [0.4, 0.5) is 0 Å². The minimum absolute atomic E-state index is 0.321. The highest BCUT2D eigenvalue weighted by atomic mass is 32.1. The van der Waals surface area contributed by atoms with Gasteiger partial charge >= 0.3 is 0 Å². The Morgan fingerprint density at radius 2 is 2.26 bits per heavy atom. The quantitative estimate of drug-likeness (QED) is 0.796. The number of hydrogen-bond acceptors (Lipinski definition) is 5. The number of benzene rings is 1. The molecule has 19 heavy (non-hydrogen) atoms. The maximum absolute atomic E-state index is 6.22. The first kappa shape index (κ1) is 12.2. The van der Waals surface area contributed by atoms with E-state index >= 15 is 0 Å². The van der Waals surface area contributed by atoms with E-state index in [2.05, 4.69) is 4.98 Å². The van der Waals surface area contributed by atoms with Crippen molar-refractivity contribution in [2.75, 3.05) is 7.11 Å². The summed E-state index contributed by atoms with van der Waals surface area (Å²) in [6.45, 7) is 2.01. The zero-order valence-electron chi connectivity index (χ0n) is 10.7. The number of fused-ring (bicyclic) bond motifs is 1. The molecular weight excluding hydrogens is 260 g/mol. The number of aryl methyl sites for hydroxylation is 1. The van der Waals surface area contributed by atoms with Crippen LogP contribution in [0.1, 0.15) is 22.4 Å². The Balaban J connectivity index is 2.12. The fourth-order valence-electron chi connectivity index (χ4n) is 2.14. The van der Waals surface area contributed by atoms with Gasteiger partial charge in [0.05, 0.1) is 7.11 Å². The molecule has 0 aliphatic heterocycles. The Kier molecular flexibility index (Phi) is 3.00. The van der Waals surface area contributed by atoms with Gasteiger partial charge in [0, 0.05) is 22.5 Å². The molecule has 0 bridgehead atoms. The van der Waals surface area contributed by atoms with Crippen molar-refractivity contribution in [3.8, 4) is 5.75 Å². The summed E-state index contributed by atoms with van der Waals surface area (Å²) in [6, 6.07) is 5.42. The lowest BCUT2D eigenvalue weighted by Crippen LogP contribution is -2.11. The van der Waals surface area contributed by atoms with E-state index in [1.165, 1.54) is 11.3 Å². The van der Waals surface area contributed by atoms with E-state index in [4.69, 9.17) is 14.9 Å². The SMILES string of the molecule is COc1ccc2oc(C(N)c3nccs3)c(C)c2c1. The molecule has 0 aliphatic rings. The van der Waals surface area contributed by atoms with E-state index in [1.54, 1.807) is 13.3 Å². The first-order valence-corrected chi connectivity index (χ1v) is 6.80. The minimum Gasteiger partial charge on any atom is -0.497 e. The van der Waals surface area contributed by atoms with Gasteiger partial charge in [-0.25, -0.2) is 4.98 Å². The van der Waals surface area contributed by atoms with Crippen LogP contribution in [0.3, 0.4) is 0 Å². The molecule has 98 valence electrons. The number of methoxy groups -OCH3 is 1. The van der Waals surface area contributed by atoms with E-state index < -0.39 is 0 Å². The molecule has 0 amide bonds. The van der Waals surface area contributed by atoms with Crippen molar-refractivity contribution in [2.24, 2.45) is 5.73 Å². The molecule has 0 aliphatic carbocycles. The van der Waals surface area contributed by atoms with Gasteiger partial charge in [0.1, 0.15) is 28.1 Å². The van der Waals surface area contributed by atoms with E-state index in [9.17, 15) is 0 Å². The third kappa shape index (κ3) is 2.01. The Bertz CT molecular complexity index is 704. The van der Waals surface area contributed by atoms with Crippen LogP contribution in [-0.2, 0) is 0 Å². The summed E-state index contributed by atoms with van der Waals surface area (Å²) in [6.07, 6.45) is 1.75. The van der Waals surface area contributed by atoms with Crippen LogP contribution >= 0.6 is 11.3 Å². The van der Waals surface area contributed by atoms with E-state index in [-0.39, 0.29) is 6.04 Å². The molecule has 2 N–H and O–H groups in total. The van der Waals surface area contributed by atoms with Gasteiger partial charge in [0.2, 0.25) is 0 Å². The van der Waals surface area contributed by atoms with Crippen LogP contribution in [0.15, 0.2) is 34.2 Å². The maximum Gasteiger partial charge on any atom is 0.134 e. The van der Waals surface area contributed by atoms with Crippen molar-refractivity contribution in [3.05, 3.63) is 46.1 Å². The second-order valence-electron chi connectivity index (χ2n) is 4.30. The predicted molar refractivity (Wildman–Crippen MR) is 75.6 cm³/mol. The molecular formula is C14H14N2O2S. The van der Waals surface area contributed by atoms with Crippen molar-refractivity contribution in [1.82, 2.24) is 4.98 Å². The van der Waals surface area contributed by atoms with Crippen molar-refractivity contribution in [2.45, 2.75) is 13.0 Å². The van der Waals surface area contributed by atoms with Gasteiger partial charge in [0.15, 0.2) is 0 Å². The topological polar surface area (TPSA) is 61.3 Å². The molecule has 0 spiro atoms. The summed E-state index contributed by atoms with van der Waals surface area (Å²) in [5.41, 5.74) is 8.08. The number of rotatable bonds is 3. The predicted octanol–water partition coefficient (Wildman–Crippen LogP) is 3.25. The maximum atomic E-state index is 6.22. The summed E-state index contributed by atoms with van der Waals surface area (Å²) in [5, 5.41) is 3.80. The standard InChI is InChI=1S/C14H14N2O2S/c1-8-10-7-9(17-2)3-4-11(10)18-13(8)12(15)14-16-5-6-19-14/h3-7,12H,15H2,1-2H3. The smallest absolute Gasteiger partial charge is 0.134 e. The summed E-state index contributed by atoms with van der Waals surface area (Å²) in [7, 11) is 1.65. The fraction of sp³-hybridized carbons (Fsp3) is 0.214. The summed E-state index contributed by atoms with van der Waals surface area (Å²) >= 11 is 1.53. The van der Waals surface area contributed by atoms with Gasteiger partial charge in [-0.15, -0.1) is 11.3 Å². The van der Waals surface area contributed by atoms with E-state index in [0.717, 1.165) is 33.1 Å². The molecule has 3 rings (SSSR count).